The molecule has 0 aliphatic carbocycles. The predicted octanol–water partition coefficient (Wildman–Crippen LogP) is 2.05. The standard InChI is InChI=1S/C12H22N2O5/c1-11(2,3)19-10(16)18-8-12(4,5)7-13(6)9(15)14(8)17/h8,17H,7H2,1-6H3. The third kappa shape index (κ3) is 3.73. The Hall–Kier alpha value is -1.50. The zero-order chi connectivity index (χ0) is 15.0. The molecule has 0 aromatic rings. The fraction of sp³-hybridized carbons (Fsp3) is 0.833. The van der Waals surface area contributed by atoms with Crippen LogP contribution < -0.4 is 0 Å². The lowest BCUT2D eigenvalue weighted by Crippen LogP contribution is -2.61. The van der Waals surface area contributed by atoms with Crippen molar-refractivity contribution in [3.8, 4) is 0 Å². The Kier molecular flexibility index (Phi) is 4.00. The van der Waals surface area contributed by atoms with Crippen molar-refractivity contribution in [2.24, 2.45) is 5.41 Å². The molecule has 1 N–H and O–H groups in total. The van der Waals surface area contributed by atoms with E-state index in [4.69, 9.17) is 9.47 Å². The van der Waals surface area contributed by atoms with E-state index in [0.29, 0.717) is 11.6 Å². The molecule has 0 aromatic carbocycles. The van der Waals surface area contributed by atoms with Gasteiger partial charge in [0.15, 0.2) is 0 Å². The van der Waals surface area contributed by atoms with Crippen molar-refractivity contribution in [3.05, 3.63) is 0 Å². The van der Waals surface area contributed by atoms with Gasteiger partial charge in [0.05, 0.1) is 0 Å². The Morgan fingerprint density at radius 3 is 2.42 bits per heavy atom. The first-order valence-corrected chi connectivity index (χ1v) is 6.07. The minimum Gasteiger partial charge on any atom is -0.429 e. The fourth-order valence-electron chi connectivity index (χ4n) is 1.94. The highest BCUT2D eigenvalue weighted by Crippen LogP contribution is 2.31. The molecule has 1 saturated heterocycles. The quantitative estimate of drug-likeness (QED) is 0.584. The summed E-state index contributed by atoms with van der Waals surface area (Å²) in [6.07, 6.45) is -1.99. The molecule has 0 bridgehead atoms. The summed E-state index contributed by atoms with van der Waals surface area (Å²) in [5.41, 5.74) is -1.31. The van der Waals surface area contributed by atoms with E-state index in [9.17, 15) is 14.8 Å². The van der Waals surface area contributed by atoms with E-state index in [1.54, 1.807) is 41.7 Å². The molecule has 19 heavy (non-hydrogen) atoms. The van der Waals surface area contributed by atoms with E-state index in [1.165, 1.54) is 4.90 Å². The summed E-state index contributed by atoms with van der Waals surface area (Å²) in [6.45, 7) is 9.04. The maximum absolute atomic E-state index is 11.7. The molecule has 1 fully saturated rings. The highest BCUT2D eigenvalue weighted by molar-refractivity contribution is 5.74. The van der Waals surface area contributed by atoms with Crippen LogP contribution in [-0.2, 0) is 9.47 Å². The molecule has 7 heteroatoms. The molecule has 110 valence electrons. The normalized spacial score (nSPS) is 23.3. The van der Waals surface area contributed by atoms with Crippen molar-refractivity contribution in [1.82, 2.24) is 9.96 Å². The van der Waals surface area contributed by atoms with Crippen molar-refractivity contribution in [1.29, 1.82) is 0 Å². The molecule has 1 aliphatic heterocycles. The van der Waals surface area contributed by atoms with Crippen LogP contribution in [0.3, 0.4) is 0 Å². The minimum absolute atomic E-state index is 0.357. The van der Waals surface area contributed by atoms with E-state index in [-0.39, 0.29) is 0 Å². The number of amides is 2. The SMILES string of the molecule is CN1CC(C)(C)C(OC(=O)OC(C)(C)C)N(O)C1=O. The Bertz CT molecular complexity index is 375. The molecule has 1 atom stereocenters. The summed E-state index contributed by atoms with van der Waals surface area (Å²) < 4.78 is 10.1. The molecule has 0 aromatic heterocycles. The van der Waals surface area contributed by atoms with Crippen LogP contribution in [0.4, 0.5) is 9.59 Å². The topological polar surface area (TPSA) is 79.3 Å². The van der Waals surface area contributed by atoms with Crippen molar-refractivity contribution in [3.63, 3.8) is 0 Å². The summed E-state index contributed by atoms with van der Waals surface area (Å²) in [7, 11) is 1.57. The van der Waals surface area contributed by atoms with Crippen LogP contribution in [0.1, 0.15) is 34.6 Å². The summed E-state index contributed by atoms with van der Waals surface area (Å²) in [4.78, 5) is 24.7. The molecule has 7 nitrogen and oxygen atoms in total. The number of hydrogen-bond donors (Lipinski definition) is 1. The summed E-state index contributed by atoms with van der Waals surface area (Å²) >= 11 is 0. The molecule has 1 rings (SSSR count). The number of carbonyl (C=O) groups is 2. The fourth-order valence-corrected chi connectivity index (χ4v) is 1.94. The molecule has 0 spiro atoms. The van der Waals surface area contributed by atoms with Gasteiger partial charge in [-0.2, -0.15) is 5.06 Å². The number of carbonyl (C=O) groups excluding carboxylic acids is 2. The Morgan fingerprint density at radius 1 is 1.42 bits per heavy atom. The lowest BCUT2D eigenvalue weighted by Gasteiger charge is -2.45. The van der Waals surface area contributed by atoms with Gasteiger partial charge in [-0.25, -0.2) is 9.59 Å². The van der Waals surface area contributed by atoms with Gasteiger partial charge in [0.2, 0.25) is 6.23 Å². The van der Waals surface area contributed by atoms with Gasteiger partial charge in [-0.1, -0.05) is 13.8 Å². The number of hydrogen-bond acceptors (Lipinski definition) is 5. The second kappa shape index (κ2) is 4.88. The summed E-state index contributed by atoms with van der Waals surface area (Å²) in [5.74, 6) is 0. The largest absolute Gasteiger partial charge is 0.510 e. The van der Waals surface area contributed by atoms with Crippen molar-refractivity contribution < 1.29 is 24.3 Å². The van der Waals surface area contributed by atoms with Crippen molar-refractivity contribution in [2.45, 2.75) is 46.4 Å². The summed E-state index contributed by atoms with van der Waals surface area (Å²) in [5, 5.41) is 10.2. The average Bonchev–Trinajstić information content (AvgIpc) is 2.18. The van der Waals surface area contributed by atoms with E-state index in [2.05, 4.69) is 0 Å². The van der Waals surface area contributed by atoms with Gasteiger partial charge in [0, 0.05) is 19.0 Å². The van der Waals surface area contributed by atoms with Gasteiger partial charge in [0.1, 0.15) is 5.60 Å². The van der Waals surface area contributed by atoms with Gasteiger partial charge in [-0.3, -0.25) is 5.21 Å². The van der Waals surface area contributed by atoms with Crippen LogP contribution in [0.2, 0.25) is 0 Å². The Morgan fingerprint density at radius 2 is 1.95 bits per heavy atom. The van der Waals surface area contributed by atoms with Crippen LogP contribution >= 0.6 is 0 Å². The summed E-state index contributed by atoms with van der Waals surface area (Å²) in [6, 6.07) is -0.618. The number of urea groups is 1. The zero-order valence-electron chi connectivity index (χ0n) is 12.3. The van der Waals surface area contributed by atoms with Gasteiger partial charge in [-0.05, 0) is 20.8 Å². The maximum atomic E-state index is 11.7. The van der Waals surface area contributed by atoms with E-state index in [1.807, 2.05) is 0 Å². The number of hydroxylamine groups is 2. The first kappa shape index (κ1) is 15.6. The van der Waals surface area contributed by atoms with Crippen LogP contribution in [0, 0.1) is 5.41 Å². The number of ether oxygens (including phenoxy) is 2. The molecule has 1 heterocycles. The first-order valence-electron chi connectivity index (χ1n) is 6.07. The zero-order valence-corrected chi connectivity index (χ0v) is 12.3. The first-order chi connectivity index (χ1) is 8.44. The van der Waals surface area contributed by atoms with Gasteiger partial charge >= 0.3 is 12.2 Å². The third-order valence-corrected chi connectivity index (χ3v) is 2.66. The lowest BCUT2D eigenvalue weighted by molar-refractivity contribution is -0.228. The second-order valence-corrected chi connectivity index (χ2v) is 6.41. The second-order valence-electron chi connectivity index (χ2n) is 6.41. The molecule has 1 aliphatic rings. The monoisotopic (exact) mass is 274 g/mol. The number of rotatable bonds is 1. The molecule has 0 saturated carbocycles. The average molecular weight is 274 g/mol. The smallest absolute Gasteiger partial charge is 0.429 e. The van der Waals surface area contributed by atoms with Gasteiger partial charge in [-0.15, -0.1) is 0 Å². The van der Waals surface area contributed by atoms with Gasteiger partial charge in [0.25, 0.3) is 0 Å². The van der Waals surface area contributed by atoms with Crippen LogP contribution in [-0.4, -0.2) is 52.8 Å². The highest BCUT2D eigenvalue weighted by Gasteiger charge is 2.47. The van der Waals surface area contributed by atoms with E-state index in [0.717, 1.165) is 0 Å². The minimum atomic E-state index is -1.08. The van der Waals surface area contributed by atoms with Crippen molar-refractivity contribution >= 4 is 12.2 Å². The van der Waals surface area contributed by atoms with Crippen LogP contribution in [0.5, 0.6) is 0 Å². The molecular formula is C12H22N2O5. The van der Waals surface area contributed by atoms with Crippen LogP contribution in [0.25, 0.3) is 0 Å². The van der Waals surface area contributed by atoms with E-state index < -0.39 is 29.4 Å². The molecule has 0 radical (unpaired) electrons. The van der Waals surface area contributed by atoms with Crippen molar-refractivity contribution in [2.75, 3.05) is 13.6 Å². The molecule has 2 amide bonds. The maximum Gasteiger partial charge on any atom is 0.510 e. The lowest BCUT2D eigenvalue weighted by atomic mass is 9.88. The van der Waals surface area contributed by atoms with E-state index >= 15 is 0 Å². The highest BCUT2D eigenvalue weighted by atomic mass is 16.8. The van der Waals surface area contributed by atoms with Crippen LogP contribution in [0.15, 0.2) is 0 Å². The van der Waals surface area contributed by atoms with Gasteiger partial charge < -0.3 is 14.4 Å². The Labute approximate surface area is 113 Å². The molecular weight excluding hydrogens is 252 g/mol. The predicted molar refractivity (Wildman–Crippen MR) is 66.5 cm³/mol. The number of nitrogens with zero attached hydrogens (tertiary/aromatic N) is 2. The third-order valence-electron chi connectivity index (χ3n) is 2.66. The Balaban J connectivity index is 2.80. The molecule has 1 unspecified atom stereocenters.